The molecular formula is C27H29N3O7S. The first-order valence-electron chi connectivity index (χ1n) is 12.3. The molecule has 0 saturated carbocycles. The van der Waals surface area contributed by atoms with Crippen LogP contribution in [-0.2, 0) is 14.3 Å². The molecule has 11 heteroatoms. The minimum Gasteiger partial charge on any atom is -0.497 e. The van der Waals surface area contributed by atoms with Gasteiger partial charge in [-0.15, -0.1) is 0 Å². The molecule has 200 valence electrons. The number of rotatable bonds is 7. The largest absolute Gasteiger partial charge is 0.497 e. The van der Waals surface area contributed by atoms with Crippen LogP contribution in [0.2, 0.25) is 0 Å². The summed E-state index contributed by atoms with van der Waals surface area (Å²) in [7, 11) is 3.09. The molecule has 1 aromatic carbocycles. The average Bonchev–Trinajstić information content (AvgIpc) is 3.52. The molecule has 0 spiro atoms. The van der Waals surface area contributed by atoms with Gasteiger partial charge in [-0.25, -0.2) is 9.79 Å². The van der Waals surface area contributed by atoms with Crippen molar-refractivity contribution >= 4 is 29.3 Å². The van der Waals surface area contributed by atoms with Crippen molar-refractivity contribution in [3.05, 3.63) is 72.6 Å². The van der Waals surface area contributed by atoms with Gasteiger partial charge in [-0.1, -0.05) is 11.3 Å². The maximum Gasteiger partial charge on any atom is 0.338 e. The molecular weight excluding hydrogens is 510 g/mol. The Morgan fingerprint density at radius 1 is 1.18 bits per heavy atom. The predicted octanol–water partition coefficient (Wildman–Crippen LogP) is 2.25. The van der Waals surface area contributed by atoms with Crippen LogP contribution >= 0.6 is 11.3 Å². The van der Waals surface area contributed by atoms with Crippen LogP contribution in [0.3, 0.4) is 0 Å². The number of hydrogen-bond acceptors (Lipinski definition) is 10. The van der Waals surface area contributed by atoms with E-state index in [-0.39, 0.29) is 17.7 Å². The summed E-state index contributed by atoms with van der Waals surface area (Å²) >= 11 is 1.23. The summed E-state index contributed by atoms with van der Waals surface area (Å²) in [4.78, 5) is 34.2. The first-order chi connectivity index (χ1) is 18.4. The minimum atomic E-state index is -0.797. The number of thiazole rings is 1. The van der Waals surface area contributed by atoms with E-state index in [4.69, 9.17) is 23.4 Å². The summed E-state index contributed by atoms with van der Waals surface area (Å²) in [6.07, 6.45) is 1.71. The van der Waals surface area contributed by atoms with Gasteiger partial charge in [0.2, 0.25) is 0 Å². The first kappa shape index (κ1) is 25.8. The molecule has 38 heavy (non-hydrogen) atoms. The second-order valence-corrected chi connectivity index (χ2v) is 9.69. The van der Waals surface area contributed by atoms with E-state index in [1.807, 2.05) is 12.1 Å². The Bertz CT molecular complexity index is 1560. The number of esters is 1. The summed E-state index contributed by atoms with van der Waals surface area (Å²) in [6.45, 7) is 6.45. The maximum atomic E-state index is 13.8. The lowest BCUT2D eigenvalue weighted by atomic mass is 9.95. The van der Waals surface area contributed by atoms with Gasteiger partial charge in [-0.05, 0) is 32.0 Å². The van der Waals surface area contributed by atoms with Crippen molar-refractivity contribution in [2.24, 2.45) is 4.99 Å². The number of aromatic nitrogens is 1. The number of furan rings is 1. The third-order valence-corrected chi connectivity index (χ3v) is 7.44. The molecule has 0 aliphatic carbocycles. The van der Waals surface area contributed by atoms with Crippen LogP contribution < -0.4 is 29.3 Å². The van der Waals surface area contributed by atoms with E-state index >= 15 is 0 Å². The molecule has 5 rings (SSSR count). The lowest BCUT2D eigenvalue weighted by Crippen LogP contribution is -2.40. The number of carbonyl (C=O) groups is 1. The third-order valence-electron chi connectivity index (χ3n) is 6.46. The molecule has 10 nitrogen and oxygen atoms in total. The standard InChI is InChI=1S/C27H29N3O7S/c1-5-36-26(32)23-16(2)28-27-30(24(23)19-8-6-17(33-3)14-20(19)34-4)25(31)21(38-27)15-18-7-9-22(37-18)29-10-12-35-13-11-29/h6-9,14-15,24H,5,10-13H2,1-4H3/b21-15+. The molecule has 1 saturated heterocycles. The molecule has 0 amide bonds. The van der Waals surface area contributed by atoms with Crippen molar-refractivity contribution in [1.82, 2.24) is 4.57 Å². The monoisotopic (exact) mass is 539 g/mol. The highest BCUT2D eigenvalue weighted by molar-refractivity contribution is 7.07. The van der Waals surface area contributed by atoms with Crippen LogP contribution in [0.1, 0.15) is 31.2 Å². The van der Waals surface area contributed by atoms with Crippen molar-refractivity contribution < 1.29 is 28.2 Å². The molecule has 1 atom stereocenters. The molecule has 2 aliphatic heterocycles. The summed E-state index contributed by atoms with van der Waals surface area (Å²) < 4.78 is 29.8. The van der Waals surface area contributed by atoms with Gasteiger partial charge in [0, 0.05) is 36.9 Å². The van der Waals surface area contributed by atoms with Gasteiger partial charge in [0.25, 0.3) is 5.56 Å². The summed E-state index contributed by atoms with van der Waals surface area (Å²) in [5, 5.41) is 0. The average molecular weight is 540 g/mol. The van der Waals surface area contributed by atoms with E-state index in [1.165, 1.54) is 23.0 Å². The van der Waals surface area contributed by atoms with Crippen LogP contribution in [0.25, 0.3) is 6.08 Å². The fourth-order valence-electron chi connectivity index (χ4n) is 4.63. The highest BCUT2D eigenvalue weighted by Crippen LogP contribution is 2.37. The number of hydrogen-bond donors (Lipinski definition) is 0. The normalized spacial score (nSPS) is 17.7. The Hall–Kier alpha value is -3.83. The van der Waals surface area contributed by atoms with Gasteiger partial charge in [0.05, 0.1) is 49.8 Å². The number of allylic oxidation sites excluding steroid dienone is 1. The van der Waals surface area contributed by atoms with Gasteiger partial charge >= 0.3 is 5.97 Å². The molecule has 3 aromatic rings. The Kier molecular flexibility index (Phi) is 7.39. The number of nitrogens with zero attached hydrogens (tertiary/aromatic N) is 3. The van der Waals surface area contributed by atoms with E-state index in [0.717, 1.165) is 19.0 Å². The fourth-order valence-corrected chi connectivity index (χ4v) is 5.66. The van der Waals surface area contributed by atoms with E-state index in [0.29, 0.717) is 51.1 Å². The molecule has 2 aliphatic rings. The van der Waals surface area contributed by atoms with Crippen LogP contribution in [0.15, 0.2) is 55.8 Å². The zero-order chi connectivity index (χ0) is 26.8. The summed E-state index contributed by atoms with van der Waals surface area (Å²) in [6, 6.07) is 8.21. The highest BCUT2D eigenvalue weighted by atomic mass is 32.1. The van der Waals surface area contributed by atoms with Crippen LogP contribution in [-0.4, -0.2) is 57.7 Å². The van der Waals surface area contributed by atoms with Crippen molar-refractivity contribution in [1.29, 1.82) is 0 Å². The quantitative estimate of drug-likeness (QED) is 0.421. The zero-order valence-electron chi connectivity index (χ0n) is 21.7. The number of ether oxygens (including phenoxy) is 4. The Morgan fingerprint density at radius 2 is 1.97 bits per heavy atom. The Balaban J connectivity index is 1.64. The summed E-state index contributed by atoms with van der Waals surface area (Å²) in [5.74, 6) is 1.81. The number of carbonyl (C=O) groups excluding carboxylic acids is 1. The molecule has 1 unspecified atom stereocenters. The van der Waals surface area contributed by atoms with Gasteiger partial charge in [0.1, 0.15) is 23.3 Å². The first-order valence-corrected chi connectivity index (χ1v) is 13.1. The van der Waals surface area contributed by atoms with Gasteiger partial charge < -0.3 is 28.3 Å². The summed E-state index contributed by atoms with van der Waals surface area (Å²) in [5.41, 5.74) is 1.08. The predicted molar refractivity (Wildman–Crippen MR) is 142 cm³/mol. The molecule has 0 bridgehead atoms. The molecule has 0 radical (unpaired) electrons. The van der Waals surface area contributed by atoms with E-state index in [9.17, 15) is 9.59 Å². The second kappa shape index (κ2) is 10.9. The fraction of sp³-hybridized carbons (Fsp3) is 0.370. The second-order valence-electron chi connectivity index (χ2n) is 8.69. The van der Waals surface area contributed by atoms with E-state index in [2.05, 4.69) is 9.89 Å². The van der Waals surface area contributed by atoms with Crippen molar-refractivity contribution in [3.63, 3.8) is 0 Å². The number of fused-ring (bicyclic) bond motifs is 1. The van der Waals surface area contributed by atoms with E-state index in [1.54, 1.807) is 45.2 Å². The molecule has 2 aromatic heterocycles. The lowest BCUT2D eigenvalue weighted by molar-refractivity contribution is -0.139. The van der Waals surface area contributed by atoms with Gasteiger partial charge in [0.15, 0.2) is 10.7 Å². The number of methoxy groups -OCH3 is 2. The van der Waals surface area contributed by atoms with Gasteiger partial charge in [-0.2, -0.15) is 0 Å². The number of morpholine rings is 1. The van der Waals surface area contributed by atoms with Crippen molar-refractivity contribution in [2.75, 3.05) is 52.0 Å². The minimum absolute atomic E-state index is 0.191. The Morgan fingerprint density at radius 3 is 2.68 bits per heavy atom. The Labute approximate surface area is 223 Å². The van der Waals surface area contributed by atoms with Gasteiger partial charge in [-0.3, -0.25) is 9.36 Å². The SMILES string of the molecule is CCOC(=O)C1=C(C)N=c2s/c(=C/c3ccc(N4CCOCC4)o3)c(=O)n2C1c1ccc(OC)cc1OC. The lowest BCUT2D eigenvalue weighted by Gasteiger charge is -2.26. The van der Waals surface area contributed by atoms with Crippen LogP contribution in [0.5, 0.6) is 11.5 Å². The smallest absolute Gasteiger partial charge is 0.338 e. The molecule has 1 fully saturated rings. The highest BCUT2D eigenvalue weighted by Gasteiger charge is 2.35. The van der Waals surface area contributed by atoms with Crippen LogP contribution in [0.4, 0.5) is 5.88 Å². The third kappa shape index (κ3) is 4.74. The molecule has 0 N–H and O–H groups in total. The topological polar surface area (TPSA) is 105 Å². The van der Waals surface area contributed by atoms with Crippen LogP contribution in [0, 0.1) is 0 Å². The maximum absolute atomic E-state index is 13.8. The van der Waals surface area contributed by atoms with E-state index < -0.39 is 12.0 Å². The van der Waals surface area contributed by atoms with Crippen molar-refractivity contribution in [3.8, 4) is 11.5 Å². The molecule has 4 heterocycles. The number of anilines is 1. The zero-order valence-corrected chi connectivity index (χ0v) is 22.5. The number of benzene rings is 1. The van der Waals surface area contributed by atoms with Crippen molar-refractivity contribution in [2.45, 2.75) is 19.9 Å².